The SMILES string of the molecule is COC(=O)c1cc2c3cccnc3c(Cc3ccccc3)c(OCc3ccccc3)c2n1Cc1ccccc1. The Morgan fingerprint density at radius 1 is 0.769 bits per heavy atom. The van der Waals surface area contributed by atoms with Crippen LogP contribution in [0.4, 0.5) is 0 Å². The molecule has 0 unspecified atom stereocenters. The van der Waals surface area contributed by atoms with Crippen molar-refractivity contribution in [2.45, 2.75) is 19.6 Å². The molecule has 5 nitrogen and oxygen atoms in total. The van der Waals surface area contributed by atoms with Gasteiger partial charge in [-0.25, -0.2) is 4.79 Å². The van der Waals surface area contributed by atoms with Crippen molar-refractivity contribution < 1.29 is 14.3 Å². The number of hydrogen-bond acceptors (Lipinski definition) is 4. The fraction of sp³-hybridized carbons (Fsp3) is 0.118. The van der Waals surface area contributed by atoms with Gasteiger partial charge in [-0.2, -0.15) is 0 Å². The number of carbonyl (C=O) groups is 1. The fourth-order valence-corrected chi connectivity index (χ4v) is 5.17. The van der Waals surface area contributed by atoms with Gasteiger partial charge in [-0.3, -0.25) is 4.98 Å². The summed E-state index contributed by atoms with van der Waals surface area (Å²) in [4.78, 5) is 17.9. The van der Waals surface area contributed by atoms with E-state index in [9.17, 15) is 4.79 Å². The maximum absolute atomic E-state index is 13.1. The molecule has 5 heteroatoms. The molecule has 4 aromatic carbocycles. The number of esters is 1. The average molecular weight is 513 g/mol. The lowest BCUT2D eigenvalue weighted by Gasteiger charge is -2.19. The molecule has 0 aliphatic carbocycles. The maximum Gasteiger partial charge on any atom is 0.354 e. The van der Waals surface area contributed by atoms with Gasteiger partial charge in [0.2, 0.25) is 0 Å². The van der Waals surface area contributed by atoms with Crippen molar-refractivity contribution in [2.24, 2.45) is 0 Å². The second-order valence-corrected chi connectivity index (χ2v) is 9.50. The molecule has 0 aliphatic heterocycles. The Balaban J connectivity index is 1.65. The second-order valence-electron chi connectivity index (χ2n) is 9.50. The van der Waals surface area contributed by atoms with Crippen molar-refractivity contribution in [1.29, 1.82) is 0 Å². The molecule has 2 aromatic heterocycles. The molecule has 0 amide bonds. The summed E-state index contributed by atoms with van der Waals surface area (Å²) in [5, 5.41) is 1.89. The Morgan fingerprint density at radius 2 is 1.41 bits per heavy atom. The quantitative estimate of drug-likeness (QED) is 0.203. The zero-order valence-electron chi connectivity index (χ0n) is 21.7. The summed E-state index contributed by atoms with van der Waals surface area (Å²) in [6.07, 6.45) is 2.45. The van der Waals surface area contributed by atoms with Crippen molar-refractivity contribution in [3.63, 3.8) is 0 Å². The van der Waals surface area contributed by atoms with E-state index in [1.54, 1.807) is 0 Å². The van der Waals surface area contributed by atoms with Gasteiger partial charge in [-0.05, 0) is 28.8 Å². The zero-order chi connectivity index (χ0) is 26.6. The Morgan fingerprint density at radius 3 is 2.08 bits per heavy atom. The third-order valence-corrected chi connectivity index (χ3v) is 7.00. The number of fused-ring (bicyclic) bond motifs is 3. The molecule has 0 saturated carbocycles. The second kappa shape index (κ2) is 10.8. The fourth-order valence-electron chi connectivity index (χ4n) is 5.17. The van der Waals surface area contributed by atoms with Gasteiger partial charge in [0.1, 0.15) is 18.1 Å². The molecule has 6 aromatic rings. The van der Waals surface area contributed by atoms with Crippen LogP contribution in [0, 0.1) is 0 Å². The summed E-state index contributed by atoms with van der Waals surface area (Å²) in [6, 6.07) is 36.5. The van der Waals surface area contributed by atoms with Gasteiger partial charge in [0.05, 0.1) is 18.1 Å². The smallest absolute Gasteiger partial charge is 0.354 e. The van der Waals surface area contributed by atoms with E-state index in [0.29, 0.717) is 25.3 Å². The first-order valence-electron chi connectivity index (χ1n) is 13.0. The number of hydrogen-bond donors (Lipinski definition) is 0. The Hall–Kier alpha value is -4.90. The average Bonchev–Trinajstić information content (AvgIpc) is 3.37. The Kier molecular flexibility index (Phi) is 6.79. The van der Waals surface area contributed by atoms with Gasteiger partial charge >= 0.3 is 5.97 Å². The molecule has 0 bridgehead atoms. The van der Waals surface area contributed by atoms with E-state index >= 15 is 0 Å². The molecule has 0 spiro atoms. The number of ether oxygens (including phenoxy) is 2. The van der Waals surface area contributed by atoms with Gasteiger partial charge in [-0.1, -0.05) is 97.1 Å². The standard InChI is InChI=1S/C34H28N2O3/c1-38-34(37)30-21-28-27-18-11-19-35-31(27)29(20-24-12-5-2-6-13-24)33(39-23-26-16-9-4-10-17-26)32(28)36(30)22-25-14-7-3-8-15-25/h2-19,21H,20,22-23H2,1H3. The normalized spacial score (nSPS) is 11.1. The highest BCUT2D eigenvalue weighted by Gasteiger charge is 2.25. The van der Waals surface area contributed by atoms with Crippen molar-refractivity contribution in [1.82, 2.24) is 9.55 Å². The van der Waals surface area contributed by atoms with Crippen LogP contribution in [0.3, 0.4) is 0 Å². The lowest BCUT2D eigenvalue weighted by Crippen LogP contribution is -2.12. The molecule has 6 rings (SSSR count). The van der Waals surface area contributed by atoms with Crippen molar-refractivity contribution in [2.75, 3.05) is 7.11 Å². The van der Waals surface area contributed by atoms with E-state index in [1.165, 1.54) is 7.11 Å². The van der Waals surface area contributed by atoms with E-state index in [2.05, 4.69) is 42.5 Å². The largest absolute Gasteiger partial charge is 0.486 e. The van der Waals surface area contributed by atoms with E-state index in [1.807, 2.05) is 77.5 Å². The molecule has 192 valence electrons. The zero-order valence-corrected chi connectivity index (χ0v) is 21.7. The summed E-state index contributed by atoms with van der Waals surface area (Å²) >= 11 is 0. The molecule has 0 atom stereocenters. The van der Waals surface area contributed by atoms with Gasteiger partial charge < -0.3 is 14.0 Å². The first-order chi connectivity index (χ1) is 19.2. The summed E-state index contributed by atoms with van der Waals surface area (Å²) in [7, 11) is 1.42. The number of methoxy groups -OCH3 is 1. The molecule has 39 heavy (non-hydrogen) atoms. The number of pyridine rings is 1. The van der Waals surface area contributed by atoms with Crippen molar-refractivity contribution in [3.8, 4) is 5.75 Å². The lowest BCUT2D eigenvalue weighted by molar-refractivity contribution is 0.0589. The lowest BCUT2D eigenvalue weighted by atomic mass is 9.98. The summed E-state index contributed by atoms with van der Waals surface area (Å²) in [5.41, 5.74) is 6.48. The van der Waals surface area contributed by atoms with Crippen LogP contribution in [-0.4, -0.2) is 22.6 Å². The van der Waals surface area contributed by atoms with Gasteiger partial charge in [-0.15, -0.1) is 0 Å². The molecular weight excluding hydrogens is 484 g/mol. The topological polar surface area (TPSA) is 53.4 Å². The molecule has 0 aliphatic rings. The minimum atomic E-state index is -0.391. The predicted octanol–water partition coefficient (Wildman–Crippen LogP) is 7.19. The van der Waals surface area contributed by atoms with E-state index in [4.69, 9.17) is 14.5 Å². The number of aromatic nitrogens is 2. The van der Waals surface area contributed by atoms with Crippen LogP contribution < -0.4 is 4.74 Å². The third-order valence-electron chi connectivity index (χ3n) is 7.00. The highest BCUT2D eigenvalue weighted by molar-refractivity contribution is 6.12. The van der Waals surface area contributed by atoms with Crippen molar-refractivity contribution in [3.05, 3.63) is 143 Å². The molecular formula is C34H28N2O3. The van der Waals surface area contributed by atoms with E-state index in [-0.39, 0.29) is 0 Å². The van der Waals surface area contributed by atoms with Gasteiger partial charge in [0, 0.05) is 35.5 Å². The number of benzene rings is 4. The first kappa shape index (κ1) is 24.4. The van der Waals surface area contributed by atoms with Crippen LogP contribution in [0.15, 0.2) is 115 Å². The van der Waals surface area contributed by atoms with Crippen LogP contribution in [0.5, 0.6) is 5.75 Å². The van der Waals surface area contributed by atoms with Crippen LogP contribution in [0.2, 0.25) is 0 Å². The number of nitrogens with zero attached hydrogens (tertiary/aromatic N) is 2. The van der Waals surface area contributed by atoms with E-state index < -0.39 is 5.97 Å². The van der Waals surface area contributed by atoms with Crippen LogP contribution in [0.1, 0.15) is 32.7 Å². The van der Waals surface area contributed by atoms with E-state index in [0.717, 1.165) is 49.8 Å². The minimum Gasteiger partial charge on any atom is -0.486 e. The number of carbonyl (C=O) groups excluding carboxylic acids is 1. The molecule has 0 N–H and O–H groups in total. The maximum atomic E-state index is 13.1. The predicted molar refractivity (Wildman–Crippen MR) is 154 cm³/mol. The van der Waals surface area contributed by atoms with Crippen LogP contribution >= 0.6 is 0 Å². The number of rotatable bonds is 8. The summed E-state index contributed by atoms with van der Waals surface area (Å²) in [5.74, 6) is 0.341. The van der Waals surface area contributed by atoms with Crippen LogP contribution in [0.25, 0.3) is 21.8 Å². The summed E-state index contributed by atoms with van der Waals surface area (Å²) in [6.45, 7) is 0.882. The summed E-state index contributed by atoms with van der Waals surface area (Å²) < 4.78 is 14.0. The monoisotopic (exact) mass is 512 g/mol. The highest BCUT2D eigenvalue weighted by atomic mass is 16.5. The Labute approximate surface area is 227 Å². The third kappa shape index (κ3) is 4.87. The van der Waals surface area contributed by atoms with Crippen LogP contribution in [-0.2, 0) is 24.3 Å². The molecule has 0 radical (unpaired) electrons. The first-order valence-corrected chi connectivity index (χ1v) is 13.0. The molecule has 2 heterocycles. The van der Waals surface area contributed by atoms with Crippen molar-refractivity contribution >= 4 is 27.8 Å². The Bertz CT molecular complexity index is 1740. The molecule has 0 saturated heterocycles. The van der Waals surface area contributed by atoms with Gasteiger partial charge in [0.15, 0.2) is 0 Å². The minimum absolute atomic E-state index is 0.389. The molecule has 0 fully saturated rings. The highest BCUT2D eigenvalue weighted by Crippen LogP contribution is 2.41. The van der Waals surface area contributed by atoms with Gasteiger partial charge in [0.25, 0.3) is 0 Å².